The first-order valence-electron chi connectivity index (χ1n) is 6.58. The van der Waals surface area contributed by atoms with Crippen LogP contribution < -0.4 is 11.1 Å². The van der Waals surface area contributed by atoms with Crippen LogP contribution in [0.1, 0.15) is 48.2 Å². The maximum absolute atomic E-state index is 12.3. The Morgan fingerprint density at radius 3 is 2.26 bits per heavy atom. The van der Waals surface area contributed by atoms with E-state index in [-0.39, 0.29) is 23.9 Å². The first kappa shape index (κ1) is 17.9. The Morgan fingerprint density at radius 2 is 1.84 bits per heavy atom. The average molecular weight is 285 g/mol. The van der Waals surface area contributed by atoms with Gasteiger partial charge in [0.2, 0.25) is 0 Å². The van der Waals surface area contributed by atoms with Gasteiger partial charge in [-0.2, -0.15) is 0 Å². The van der Waals surface area contributed by atoms with Crippen LogP contribution in [0.15, 0.2) is 18.2 Å². The third-order valence-electron chi connectivity index (χ3n) is 3.75. The monoisotopic (exact) mass is 284 g/mol. The van der Waals surface area contributed by atoms with Gasteiger partial charge >= 0.3 is 0 Å². The molecule has 0 saturated heterocycles. The van der Waals surface area contributed by atoms with Gasteiger partial charge in [-0.3, -0.25) is 4.79 Å². The second-order valence-corrected chi connectivity index (χ2v) is 4.96. The molecule has 0 aliphatic heterocycles. The summed E-state index contributed by atoms with van der Waals surface area (Å²) in [6, 6.07) is 5.87. The lowest BCUT2D eigenvalue weighted by Crippen LogP contribution is -2.53. The Bertz CT molecular complexity index is 420. The van der Waals surface area contributed by atoms with Crippen LogP contribution >= 0.6 is 12.4 Å². The maximum atomic E-state index is 12.3. The summed E-state index contributed by atoms with van der Waals surface area (Å²) in [5, 5.41) is 3.09. The number of nitrogens with one attached hydrogen (secondary N) is 1. The second-order valence-electron chi connectivity index (χ2n) is 4.96. The fourth-order valence-corrected chi connectivity index (χ4v) is 2.14. The lowest BCUT2D eigenvalue weighted by molar-refractivity contribution is 0.0894. The number of halogens is 1. The fourth-order valence-electron chi connectivity index (χ4n) is 2.14. The first-order chi connectivity index (χ1) is 8.48. The van der Waals surface area contributed by atoms with Crippen molar-refractivity contribution in [1.29, 1.82) is 0 Å². The summed E-state index contributed by atoms with van der Waals surface area (Å²) in [4.78, 5) is 12.3. The van der Waals surface area contributed by atoms with Crippen molar-refractivity contribution in [2.24, 2.45) is 5.73 Å². The Kier molecular flexibility index (Phi) is 7.09. The van der Waals surface area contributed by atoms with E-state index in [1.807, 2.05) is 32.0 Å². The minimum absolute atomic E-state index is 0. The van der Waals surface area contributed by atoms with Gasteiger partial charge < -0.3 is 11.1 Å². The van der Waals surface area contributed by atoms with Crippen LogP contribution in [0.25, 0.3) is 0 Å². The maximum Gasteiger partial charge on any atom is 0.252 e. The normalized spacial score (nSPS) is 10.8. The zero-order valence-electron chi connectivity index (χ0n) is 12.2. The van der Waals surface area contributed by atoms with E-state index in [1.54, 1.807) is 0 Å². The summed E-state index contributed by atoms with van der Waals surface area (Å²) in [5.74, 6) is -0.0262. The topological polar surface area (TPSA) is 55.1 Å². The molecule has 0 heterocycles. The van der Waals surface area contributed by atoms with E-state index < -0.39 is 0 Å². The number of hydrogen-bond acceptors (Lipinski definition) is 2. The number of hydrogen-bond donors (Lipinski definition) is 2. The average Bonchev–Trinajstić information content (AvgIpc) is 2.36. The molecule has 0 saturated carbocycles. The summed E-state index contributed by atoms with van der Waals surface area (Å²) in [5.41, 5.74) is 8.43. The van der Waals surface area contributed by atoms with Crippen molar-refractivity contribution in [3.63, 3.8) is 0 Å². The van der Waals surface area contributed by atoms with Crippen molar-refractivity contribution in [2.45, 2.75) is 46.1 Å². The van der Waals surface area contributed by atoms with Crippen LogP contribution in [0.4, 0.5) is 0 Å². The third kappa shape index (κ3) is 4.22. The Morgan fingerprint density at radius 1 is 1.26 bits per heavy atom. The summed E-state index contributed by atoms with van der Waals surface area (Å²) < 4.78 is 0. The van der Waals surface area contributed by atoms with Crippen molar-refractivity contribution in [1.82, 2.24) is 5.32 Å². The predicted molar refractivity (Wildman–Crippen MR) is 83.0 cm³/mol. The molecule has 0 spiro atoms. The van der Waals surface area contributed by atoms with Gasteiger partial charge in [-0.25, -0.2) is 0 Å². The van der Waals surface area contributed by atoms with Gasteiger partial charge in [-0.05, 0) is 38.3 Å². The molecule has 0 aromatic heterocycles. The molecule has 19 heavy (non-hydrogen) atoms. The van der Waals surface area contributed by atoms with Gasteiger partial charge in [0.1, 0.15) is 0 Å². The minimum Gasteiger partial charge on any atom is -0.345 e. The van der Waals surface area contributed by atoms with Gasteiger partial charge in [0, 0.05) is 12.1 Å². The standard InChI is InChI=1S/C15H24N2O.ClH/c1-5-15(6-2,10-16)17-14(18)13-8-7-11(3)9-12(13)4;/h7-9H,5-6,10,16H2,1-4H3,(H,17,18);1H. The van der Waals surface area contributed by atoms with E-state index in [1.165, 1.54) is 5.56 Å². The molecule has 1 amide bonds. The molecule has 0 atom stereocenters. The van der Waals surface area contributed by atoms with Crippen LogP contribution in [0.5, 0.6) is 0 Å². The molecule has 0 radical (unpaired) electrons. The second kappa shape index (κ2) is 7.51. The quantitative estimate of drug-likeness (QED) is 0.873. The molecular weight excluding hydrogens is 260 g/mol. The molecule has 1 aromatic rings. The zero-order valence-corrected chi connectivity index (χ0v) is 13.1. The number of aryl methyl sites for hydroxylation is 2. The largest absolute Gasteiger partial charge is 0.345 e. The summed E-state index contributed by atoms with van der Waals surface area (Å²) in [6.07, 6.45) is 1.69. The number of carbonyl (C=O) groups is 1. The Hall–Kier alpha value is -1.06. The van der Waals surface area contributed by atoms with E-state index in [9.17, 15) is 4.79 Å². The van der Waals surface area contributed by atoms with Crippen molar-refractivity contribution in [3.05, 3.63) is 34.9 Å². The molecule has 3 N–H and O–H groups in total. The number of amides is 1. The smallest absolute Gasteiger partial charge is 0.252 e. The van der Waals surface area contributed by atoms with Crippen molar-refractivity contribution in [2.75, 3.05) is 6.54 Å². The molecule has 0 aliphatic carbocycles. The highest BCUT2D eigenvalue weighted by Crippen LogP contribution is 2.16. The number of benzene rings is 1. The number of rotatable bonds is 5. The van der Waals surface area contributed by atoms with Gasteiger partial charge in [0.25, 0.3) is 5.91 Å². The number of carbonyl (C=O) groups excluding carboxylic acids is 1. The van der Waals surface area contributed by atoms with Crippen LogP contribution in [0.3, 0.4) is 0 Å². The molecule has 0 fully saturated rings. The lowest BCUT2D eigenvalue weighted by atomic mass is 9.92. The van der Waals surface area contributed by atoms with E-state index in [0.29, 0.717) is 6.54 Å². The van der Waals surface area contributed by atoms with Crippen LogP contribution in [-0.2, 0) is 0 Å². The Balaban J connectivity index is 0.00000324. The third-order valence-corrected chi connectivity index (χ3v) is 3.75. The van der Waals surface area contributed by atoms with E-state index in [2.05, 4.69) is 19.2 Å². The lowest BCUT2D eigenvalue weighted by Gasteiger charge is -2.31. The SMILES string of the molecule is CCC(CC)(CN)NC(=O)c1ccc(C)cc1C.Cl. The van der Waals surface area contributed by atoms with Crippen LogP contribution in [0, 0.1) is 13.8 Å². The van der Waals surface area contributed by atoms with E-state index in [4.69, 9.17) is 5.73 Å². The van der Waals surface area contributed by atoms with Crippen molar-refractivity contribution in [3.8, 4) is 0 Å². The summed E-state index contributed by atoms with van der Waals surface area (Å²) in [7, 11) is 0. The highest BCUT2D eigenvalue weighted by Gasteiger charge is 2.27. The molecule has 4 heteroatoms. The molecule has 0 unspecified atom stereocenters. The van der Waals surface area contributed by atoms with Crippen LogP contribution in [-0.4, -0.2) is 18.0 Å². The summed E-state index contributed by atoms with van der Waals surface area (Å²) >= 11 is 0. The van der Waals surface area contributed by atoms with Gasteiger partial charge in [-0.15, -0.1) is 12.4 Å². The molecule has 108 valence electrons. The first-order valence-corrected chi connectivity index (χ1v) is 6.58. The highest BCUT2D eigenvalue weighted by atomic mass is 35.5. The fraction of sp³-hybridized carbons (Fsp3) is 0.533. The van der Waals surface area contributed by atoms with Gasteiger partial charge in [0.15, 0.2) is 0 Å². The van der Waals surface area contributed by atoms with Crippen LogP contribution in [0.2, 0.25) is 0 Å². The number of nitrogens with two attached hydrogens (primary N) is 1. The zero-order chi connectivity index (χ0) is 13.8. The van der Waals surface area contributed by atoms with Crippen molar-refractivity contribution >= 4 is 18.3 Å². The summed E-state index contributed by atoms with van der Waals surface area (Å²) in [6.45, 7) is 8.56. The van der Waals surface area contributed by atoms with Gasteiger partial charge in [0.05, 0.1) is 5.54 Å². The van der Waals surface area contributed by atoms with Gasteiger partial charge in [-0.1, -0.05) is 31.5 Å². The molecule has 0 bridgehead atoms. The van der Waals surface area contributed by atoms with Crippen molar-refractivity contribution < 1.29 is 4.79 Å². The molecule has 0 aliphatic rings. The Labute approximate surface area is 122 Å². The van der Waals surface area contributed by atoms with E-state index >= 15 is 0 Å². The highest BCUT2D eigenvalue weighted by molar-refractivity contribution is 5.96. The van der Waals surface area contributed by atoms with E-state index in [0.717, 1.165) is 24.0 Å². The molecule has 3 nitrogen and oxygen atoms in total. The molecule has 1 rings (SSSR count). The molecule has 1 aromatic carbocycles. The minimum atomic E-state index is -0.283. The predicted octanol–water partition coefficient (Wildman–Crippen LogP) is 2.97. The molecular formula is C15H25ClN2O.